The predicted molar refractivity (Wildman–Crippen MR) is 146 cm³/mol. The summed E-state index contributed by atoms with van der Waals surface area (Å²) in [5, 5.41) is 6.97. The molecule has 5 rings (SSSR count). The summed E-state index contributed by atoms with van der Waals surface area (Å²) in [6.07, 6.45) is 8.88. The maximum absolute atomic E-state index is 12.6. The zero-order valence-corrected chi connectivity index (χ0v) is 22.7. The van der Waals surface area contributed by atoms with E-state index in [0.29, 0.717) is 35.9 Å². The molecule has 0 unspecified atom stereocenters. The van der Waals surface area contributed by atoms with Crippen LogP contribution in [0.4, 0.5) is 5.82 Å². The van der Waals surface area contributed by atoms with Crippen molar-refractivity contribution < 1.29 is 19.8 Å². The van der Waals surface area contributed by atoms with Gasteiger partial charge in [-0.1, -0.05) is 11.6 Å². The van der Waals surface area contributed by atoms with Crippen LogP contribution in [0.1, 0.15) is 75.5 Å². The van der Waals surface area contributed by atoms with Crippen LogP contribution in [0, 0.1) is 0 Å². The lowest BCUT2D eigenvalue weighted by atomic mass is 10.0. The Balaban J connectivity index is 0.00000336. The Morgan fingerprint density at radius 3 is 2.68 bits per heavy atom. The van der Waals surface area contributed by atoms with Gasteiger partial charge in [-0.3, -0.25) is 13.9 Å². The lowest BCUT2D eigenvalue weighted by Gasteiger charge is -2.49. The molecule has 10 nitrogen and oxygen atoms in total. The first kappa shape index (κ1) is 26.4. The minimum absolute atomic E-state index is 0. The molecule has 3 aliphatic rings. The summed E-state index contributed by atoms with van der Waals surface area (Å²) in [5.41, 5.74) is 0.313. The molecule has 3 N–H and O–H groups in total. The molecule has 1 aliphatic carbocycles. The van der Waals surface area contributed by atoms with Crippen molar-refractivity contribution in [3.05, 3.63) is 35.9 Å². The summed E-state index contributed by atoms with van der Waals surface area (Å²) in [5.74, 6) is 1.78. The fraction of sp³-hybridized carbons (Fsp3) is 0.654. The van der Waals surface area contributed by atoms with Gasteiger partial charge in [0.1, 0.15) is 11.6 Å². The molecule has 4 heterocycles. The Hall–Kier alpha value is -2.18. The third-order valence-electron chi connectivity index (χ3n) is 7.85. The Kier molecular flexibility index (Phi) is 8.06. The number of hydrogen-bond acceptors (Lipinski definition) is 9. The van der Waals surface area contributed by atoms with Crippen LogP contribution in [0.25, 0.3) is 0 Å². The van der Waals surface area contributed by atoms with Crippen molar-refractivity contribution in [1.29, 1.82) is 0 Å². The molecule has 37 heavy (non-hydrogen) atoms. The number of nitrogens with zero attached hydrogens (tertiary/aromatic N) is 5. The topological polar surface area (TPSA) is 118 Å². The number of amides is 1. The maximum atomic E-state index is 12.6. The number of rotatable bonds is 9. The van der Waals surface area contributed by atoms with Crippen molar-refractivity contribution in [2.24, 2.45) is 0 Å². The fourth-order valence-electron chi connectivity index (χ4n) is 5.36. The molecule has 0 aromatic carbocycles. The van der Waals surface area contributed by atoms with Gasteiger partial charge in [-0.25, -0.2) is 4.98 Å². The summed E-state index contributed by atoms with van der Waals surface area (Å²) in [6.45, 7) is 6.65. The van der Waals surface area contributed by atoms with Crippen molar-refractivity contribution in [2.45, 2.75) is 74.8 Å². The SMILES string of the molecule is C[C@H]1C[C@@H](NC(=O)c2cc(C3CC3)on2)CCN1S(O)(O)c1ccc(N(C)CCN2CCCCC2)nc1.[HH]. The van der Waals surface area contributed by atoms with Crippen molar-refractivity contribution in [3.8, 4) is 0 Å². The molecule has 206 valence electrons. The zero-order valence-electron chi connectivity index (χ0n) is 21.9. The fourth-order valence-corrected chi connectivity index (χ4v) is 7.02. The van der Waals surface area contributed by atoms with Crippen LogP contribution < -0.4 is 10.2 Å². The first-order valence-corrected chi connectivity index (χ1v) is 15.0. The molecule has 1 saturated carbocycles. The highest BCUT2D eigenvalue weighted by atomic mass is 32.3. The van der Waals surface area contributed by atoms with E-state index < -0.39 is 10.8 Å². The van der Waals surface area contributed by atoms with Gasteiger partial charge >= 0.3 is 0 Å². The van der Waals surface area contributed by atoms with E-state index in [-0.39, 0.29) is 19.4 Å². The number of carbonyl (C=O) groups excluding carboxylic acids is 1. The molecule has 0 radical (unpaired) electrons. The van der Waals surface area contributed by atoms with E-state index in [0.717, 1.165) is 37.5 Å². The van der Waals surface area contributed by atoms with Crippen molar-refractivity contribution >= 4 is 22.5 Å². The minimum atomic E-state index is -3.18. The van der Waals surface area contributed by atoms with E-state index in [2.05, 4.69) is 25.3 Å². The Morgan fingerprint density at radius 2 is 2.00 bits per heavy atom. The molecule has 1 amide bonds. The van der Waals surface area contributed by atoms with Crippen LogP contribution in [0.5, 0.6) is 0 Å². The van der Waals surface area contributed by atoms with Gasteiger partial charge in [0.2, 0.25) is 0 Å². The quantitative estimate of drug-likeness (QED) is 0.429. The minimum Gasteiger partial charge on any atom is -0.360 e. The predicted octanol–water partition coefficient (Wildman–Crippen LogP) is 4.42. The summed E-state index contributed by atoms with van der Waals surface area (Å²) >= 11 is 0. The Morgan fingerprint density at radius 1 is 1.22 bits per heavy atom. The third kappa shape index (κ3) is 6.28. The van der Waals surface area contributed by atoms with Gasteiger partial charge in [-0.2, -0.15) is 4.31 Å². The Labute approximate surface area is 222 Å². The molecule has 0 spiro atoms. The van der Waals surface area contributed by atoms with Crippen LogP contribution in [-0.2, 0) is 0 Å². The van der Waals surface area contributed by atoms with Crippen molar-refractivity contribution in [2.75, 3.05) is 44.7 Å². The van der Waals surface area contributed by atoms with E-state index in [4.69, 9.17) is 4.52 Å². The van der Waals surface area contributed by atoms with E-state index in [1.165, 1.54) is 32.4 Å². The summed E-state index contributed by atoms with van der Waals surface area (Å²) in [4.78, 5) is 22.2. The number of hydrogen-bond donors (Lipinski definition) is 3. The highest BCUT2D eigenvalue weighted by molar-refractivity contribution is 8.22. The number of likely N-dealkylation sites (tertiary alicyclic amines) is 1. The third-order valence-corrected chi connectivity index (χ3v) is 9.92. The second-order valence-electron chi connectivity index (χ2n) is 10.8. The van der Waals surface area contributed by atoms with Crippen LogP contribution in [-0.4, -0.2) is 86.2 Å². The van der Waals surface area contributed by atoms with Crippen molar-refractivity contribution in [1.82, 2.24) is 24.7 Å². The standard InChI is InChI=1S/C26H40N6O4S.H2/c1-19-16-21(28-26(33)23-17-24(36-29-23)20-6-7-20)10-13-32(19)37(34,35)22-8-9-25(27-18-22)30(2)14-15-31-11-4-3-5-12-31;/h8-9,17-21,34-35H,3-7,10-16H2,1-2H3,(H,28,33);1H/t19-,21-;/m0./s1. The molecule has 2 aromatic rings. The van der Waals surface area contributed by atoms with E-state index in [9.17, 15) is 13.9 Å². The normalized spacial score (nSPS) is 24.1. The van der Waals surface area contributed by atoms with Gasteiger partial charge in [0.25, 0.3) is 5.91 Å². The molecular weight excluding hydrogens is 492 g/mol. The summed E-state index contributed by atoms with van der Waals surface area (Å²) < 4.78 is 29.4. The number of carbonyl (C=O) groups is 1. The second kappa shape index (κ2) is 11.3. The molecular formula is C26H42N6O4S. The summed E-state index contributed by atoms with van der Waals surface area (Å²) in [7, 11) is -1.16. The summed E-state index contributed by atoms with van der Waals surface area (Å²) in [6, 6.07) is 5.19. The van der Waals surface area contributed by atoms with Gasteiger partial charge in [-0.05, 0) is 70.7 Å². The van der Waals surface area contributed by atoms with Crippen LogP contribution in [0.2, 0.25) is 0 Å². The van der Waals surface area contributed by atoms with E-state index >= 15 is 0 Å². The van der Waals surface area contributed by atoms with Gasteiger partial charge < -0.3 is 19.6 Å². The highest BCUT2D eigenvalue weighted by Gasteiger charge is 2.36. The lowest BCUT2D eigenvalue weighted by molar-refractivity contribution is 0.0903. The van der Waals surface area contributed by atoms with E-state index in [1.54, 1.807) is 22.6 Å². The average molecular weight is 535 g/mol. The molecule has 2 atom stereocenters. The van der Waals surface area contributed by atoms with Gasteiger partial charge in [-0.15, -0.1) is 10.8 Å². The first-order valence-electron chi connectivity index (χ1n) is 13.5. The first-order chi connectivity index (χ1) is 17.8. The molecule has 0 bridgehead atoms. The number of likely N-dealkylation sites (N-methyl/N-ethyl adjacent to an activating group) is 1. The maximum Gasteiger partial charge on any atom is 0.273 e. The molecule has 2 aliphatic heterocycles. The highest BCUT2D eigenvalue weighted by Crippen LogP contribution is 2.54. The second-order valence-corrected chi connectivity index (χ2v) is 12.7. The zero-order chi connectivity index (χ0) is 26.0. The lowest BCUT2D eigenvalue weighted by Crippen LogP contribution is -2.49. The van der Waals surface area contributed by atoms with Crippen molar-refractivity contribution in [3.63, 3.8) is 0 Å². The molecule has 2 aromatic heterocycles. The van der Waals surface area contributed by atoms with Gasteiger partial charge in [0.05, 0.1) is 11.1 Å². The van der Waals surface area contributed by atoms with Crippen LogP contribution in [0.3, 0.4) is 0 Å². The van der Waals surface area contributed by atoms with Crippen LogP contribution in [0.15, 0.2) is 33.8 Å². The molecule has 3 fully saturated rings. The monoisotopic (exact) mass is 534 g/mol. The molecule has 2 saturated heterocycles. The largest absolute Gasteiger partial charge is 0.360 e. The van der Waals surface area contributed by atoms with Gasteiger partial charge in [0, 0.05) is 52.2 Å². The number of piperidine rings is 2. The number of aromatic nitrogens is 2. The number of nitrogens with one attached hydrogen (secondary N) is 1. The Bertz CT molecular complexity index is 1060. The smallest absolute Gasteiger partial charge is 0.273 e. The number of anilines is 1. The van der Waals surface area contributed by atoms with Gasteiger partial charge in [0.15, 0.2) is 5.69 Å². The van der Waals surface area contributed by atoms with Crippen LogP contribution >= 0.6 is 10.8 Å². The average Bonchev–Trinajstić information content (AvgIpc) is 3.63. The number of pyridine rings is 1. The molecule has 11 heteroatoms. The van der Waals surface area contributed by atoms with E-state index in [1.807, 2.05) is 20.0 Å².